The zero-order valence-corrected chi connectivity index (χ0v) is 41.2. The van der Waals surface area contributed by atoms with Crippen LogP contribution in [0.3, 0.4) is 0 Å². The molecule has 16 nitrogen and oxygen atoms in total. The van der Waals surface area contributed by atoms with Gasteiger partial charge in [0.15, 0.2) is 0 Å². The number of aliphatic hydroxyl groups is 1. The van der Waals surface area contributed by atoms with Gasteiger partial charge >= 0.3 is 0 Å². The number of amides is 5. The van der Waals surface area contributed by atoms with Gasteiger partial charge in [-0.3, -0.25) is 24.0 Å². The molecule has 3 aromatic carbocycles. The van der Waals surface area contributed by atoms with Crippen molar-refractivity contribution in [1.82, 2.24) is 36.1 Å². The molecule has 1 saturated heterocycles. The van der Waals surface area contributed by atoms with E-state index >= 15 is 0 Å². The molecule has 1 aliphatic rings. The van der Waals surface area contributed by atoms with Gasteiger partial charge in [0.25, 0.3) is 5.91 Å². The zero-order chi connectivity index (χ0) is 50.0. The van der Waals surface area contributed by atoms with Crippen molar-refractivity contribution in [3.63, 3.8) is 0 Å². The summed E-state index contributed by atoms with van der Waals surface area (Å²) in [4.78, 5) is 77.2. The van der Waals surface area contributed by atoms with E-state index in [-0.39, 0.29) is 88.9 Å². The van der Waals surface area contributed by atoms with Gasteiger partial charge in [0.2, 0.25) is 23.6 Å². The van der Waals surface area contributed by atoms with E-state index in [4.69, 9.17) is 14.2 Å². The van der Waals surface area contributed by atoms with Crippen molar-refractivity contribution in [2.75, 3.05) is 46.6 Å². The van der Waals surface area contributed by atoms with E-state index in [1.165, 1.54) is 16.7 Å². The molecule has 5 aromatic rings. The maximum Gasteiger partial charge on any atom is 0.270 e. The molecule has 370 valence electrons. The third-order valence-electron chi connectivity index (χ3n) is 11.5. The maximum atomic E-state index is 14.0. The number of methoxy groups -OCH3 is 1. The van der Waals surface area contributed by atoms with E-state index < -0.39 is 35.4 Å². The molecular weight excluding hydrogens is 911 g/mol. The Morgan fingerprint density at radius 1 is 0.843 bits per heavy atom. The fourth-order valence-corrected chi connectivity index (χ4v) is 8.63. The SMILES string of the molecule is COc1cnc(C(=O)NCc2cccc(CC(=O)NCCOCCOCC(=O)NC(C(=O)N3C[C@H](O)C[C@H]3C(=O)NCc3ccc(-c4scnc4C)cc3)C(C)(C)C)c2)cc1/C=C/Cc1ccccc1. The average Bonchev–Trinajstić information content (AvgIpc) is 3.97. The minimum absolute atomic E-state index is 0.0359. The number of hydrogen-bond donors (Lipinski definition) is 5. The topological polar surface area (TPSA) is 210 Å². The Balaban J connectivity index is 0.861. The lowest BCUT2D eigenvalue weighted by atomic mass is 9.85. The Morgan fingerprint density at radius 2 is 1.57 bits per heavy atom. The Bertz CT molecular complexity index is 2580. The van der Waals surface area contributed by atoms with Gasteiger partial charge < -0.3 is 45.5 Å². The van der Waals surface area contributed by atoms with Crippen LogP contribution in [0.2, 0.25) is 0 Å². The highest BCUT2D eigenvalue weighted by atomic mass is 32.1. The lowest BCUT2D eigenvalue weighted by Gasteiger charge is -2.35. The molecule has 17 heteroatoms. The van der Waals surface area contributed by atoms with Crippen molar-refractivity contribution < 1.29 is 43.3 Å². The lowest BCUT2D eigenvalue weighted by molar-refractivity contribution is -0.144. The number of rotatable bonds is 23. The van der Waals surface area contributed by atoms with Crippen LogP contribution in [0.15, 0.2) is 103 Å². The number of nitrogens with one attached hydrogen (secondary N) is 4. The molecule has 2 aromatic heterocycles. The van der Waals surface area contributed by atoms with Crippen LogP contribution < -0.4 is 26.0 Å². The van der Waals surface area contributed by atoms with Crippen molar-refractivity contribution in [3.8, 4) is 16.2 Å². The summed E-state index contributed by atoms with van der Waals surface area (Å²) in [5, 5.41) is 22.0. The van der Waals surface area contributed by atoms with Crippen molar-refractivity contribution in [1.29, 1.82) is 0 Å². The minimum Gasteiger partial charge on any atom is -0.495 e. The quantitative estimate of drug-likeness (QED) is 0.0537. The number of β-amino-alcohol motifs (C(OH)–C–C–N with tert-alkyl or cyclic N) is 1. The molecule has 5 N–H and O–H groups in total. The summed E-state index contributed by atoms with van der Waals surface area (Å²) in [6, 6.07) is 25.1. The molecule has 0 saturated carbocycles. The molecule has 0 radical (unpaired) electrons. The maximum absolute atomic E-state index is 14.0. The monoisotopic (exact) mass is 973 g/mol. The molecule has 3 atom stereocenters. The highest BCUT2D eigenvalue weighted by Gasteiger charge is 2.44. The smallest absolute Gasteiger partial charge is 0.270 e. The van der Waals surface area contributed by atoms with Gasteiger partial charge in [0, 0.05) is 38.2 Å². The molecule has 3 heterocycles. The predicted octanol–water partition coefficient (Wildman–Crippen LogP) is 5.21. The Kier molecular flexibility index (Phi) is 19.3. The Hall–Kier alpha value is -6.79. The summed E-state index contributed by atoms with van der Waals surface area (Å²) in [6.45, 7) is 8.24. The second kappa shape index (κ2) is 25.7. The van der Waals surface area contributed by atoms with Gasteiger partial charge in [-0.2, -0.15) is 0 Å². The number of pyridine rings is 1. The van der Waals surface area contributed by atoms with E-state index in [1.807, 2.05) is 119 Å². The van der Waals surface area contributed by atoms with Crippen molar-refractivity contribution >= 4 is 46.9 Å². The normalized spacial score (nSPS) is 15.1. The van der Waals surface area contributed by atoms with Crippen LogP contribution in [0.4, 0.5) is 0 Å². The van der Waals surface area contributed by atoms with Crippen LogP contribution in [0.25, 0.3) is 16.5 Å². The number of aromatic nitrogens is 2. The van der Waals surface area contributed by atoms with Crippen molar-refractivity contribution in [2.24, 2.45) is 5.41 Å². The summed E-state index contributed by atoms with van der Waals surface area (Å²) in [5.74, 6) is -1.35. The number of carbonyl (C=O) groups excluding carboxylic acids is 5. The van der Waals surface area contributed by atoms with Gasteiger partial charge in [0.05, 0.1) is 61.7 Å². The number of allylic oxidation sites excluding steroid dienone is 1. The highest BCUT2D eigenvalue weighted by Crippen LogP contribution is 2.29. The van der Waals surface area contributed by atoms with Gasteiger partial charge in [-0.05, 0) is 52.6 Å². The van der Waals surface area contributed by atoms with E-state index in [1.54, 1.807) is 30.0 Å². The molecular formula is C53H63N7O9S. The predicted molar refractivity (Wildman–Crippen MR) is 268 cm³/mol. The summed E-state index contributed by atoms with van der Waals surface area (Å²) in [7, 11) is 1.56. The largest absolute Gasteiger partial charge is 0.495 e. The molecule has 1 aliphatic heterocycles. The van der Waals surface area contributed by atoms with E-state index in [0.29, 0.717) is 5.75 Å². The molecule has 6 rings (SSSR count). The first kappa shape index (κ1) is 52.6. The van der Waals surface area contributed by atoms with Gasteiger partial charge in [-0.25, -0.2) is 9.97 Å². The number of ether oxygens (including phenoxy) is 3. The molecule has 0 bridgehead atoms. The molecule has 70 heavy (non-hydrogen) atoms. The van der Waals surface area contributed by atoms with Crippen LogP contribution in [0, 0.1) is 12.3 Å². The van der Waals surface area contributed by atoms with Gasteiger partial charge in [-0.1, -0.05) is 112 Å². The number of benzene rings is 3. The standard InChI is InChI=1S/C53H63N7O9S/c1-35-48(70-34-58-35)40-19-17-37(18-20-40)29-57-51(65)44-28-42(61)32-60(44)52(66)49(53(2,3)4)59-47(63)33-69-24-23-68-22-21-54-46(62)26-38-14-9-15-39(25-38)30-56-50(64)43-27-41(45(67-5)31-55-43)16-10-13-36-11-7-6-8-12-36/h6-12,14-20,25,27,31,34,42,44,49,61H,13,21-24,26,28-30,32-33H2,1-5H3,(H,54,62)(H,56,64)(H,57,65)(H,59,63)/b16-10+/t42-,44+,49?/m1/s1. The van der Waals surface area contributed by atoms with E-state index in [2.05, 4.69) is 31.2 Å². The summed E-state index contributed by atoms with van der Waals surface area (Å²) < 4.78 is 16.6. The molecule has 5 amide bonds. The molecule has 0 aliphatic carbocycles. The van der Waals surface area contributed by atoms with Crippen molar-refractivity contribution in [2.45, 2.75) is 78.2 Å². The fraction of sp³-hybridized carbons (Fsp3) is 0.377. The number of aliphatic hydroxyl groups excluding tert-OH is 1. The second-order valence-corrected chi connectivity index (χ2v) is 18.9. The Labute approximate surface area is 413 Å². The second-order valence-electron chi connectivity index (χ2n) is 18.0. The van der Waals surface area contributed by atoms with Crippen LogP contribution in [-0.4, -0.2) is 114 Å². The summed E-state index contributed by atoms with van der Waals surface area (Å²) in [6.07, 6.45) is 5.51. The third-order valence-corrected chi connectivity index (χ3v) is 12.5. The number of thiazole rings is 1. The fourth-order valence-electron chi connectivity index (χ4n) is 7.82. The van der Waals surface area contributed by atoms with E-state index in [9.17, 15) is 29.1 Å². The number of nitrogens with zero attached hydrogens (tertiary/aromatic N) is 3. The van der Waals surface area contributed by atoms with Crippen LogP contribution in [0.5, 0.6) is 5.75 Å². The average molecular weight is 974 g/mol. The third kappa shape index (κ3) is 15.6. The summed E-state index contributed by atoms with van der Waals surface area (Å²) in [5.41, 5.74) is 7.72. The highest BCUT2D eigenvalue weighted by molar-refractivity contribution is 7.13. The number of carbonyl (C=O) groups is 5. The number of likely N-dealkylation sites (tertiary alicyclic amines) is 1. The van der Waals surface area contributed by atoms with Crippen LogP contribution in [-0.2, 0) is 54.6 Å². The zero-order valence-electron chi connectivity index (χ0n) is 40.4. The number of hydrogen-bond acceptors (Lipinski definition) is 12. The van der Waals surface area contributed by atoms with Crippen LogP contribution in [0.1, 0.15) is 71.2 Å². The Morgan fingerprint density at radius 3 is 2.30 bits per heavy atom. The first-order valence-corrected chi connectivity index (χ1v) is 24.1. The van der Waals surface area contributed by atoms with Crippen LogP contribution >= 0.6 is 11.3 Å². The first-order valence-electron chi connectivity index (χ1n) is 23.3. The van der Waals surface area contributed by atoms with Gasteiger partial charge in [0.1, 0.15) is 30.1 Å². The molecule has 1 unspecified atom stereocenters. The minimum atomic E-state index is -0.995. The lowest BCUT2D eigenvalue weighted by Crippen LogP contribution is -2.58. The van der Waals surface area contributed by atoms with Crippen molar-refractivity contribution in [3.05, 3.63) is 142 Å². The number of aryl methyl sites for hydroxylation is 1. The molecule has 0 spiro atoms. The van der Waals surface area contributed by atoms with Gasteiger partial charge in [-0.15, -0.1) is 11.3 Å². The van der Waals surface area contributed by atoms with E-state index in [0.717, 1.165) is 44.8 Å². The first-order chi connectivity index (χ1) is 33.7. The summed E-state index contributed by atoms with van der Waals surface area (Å²) >= 11 is 1.56. The molecule has 1 fully saturated rings.